The average molecular weight is 730 g/mol. The molecule has 10 aromatic rings. The second-order valence-electron chi connectivity index (χ2n) is 14.0. The molecule has 3 nitrogen and oxygen atoms in total. The molecule has 8 aromatic carbocycles. The Kier molecular flexibility index (Phi) is 7.65. The second kappa shape index (κ2) is 12.9. The van der Waals surface area contributed by atoms with E-state index >= 15 is 13.2 Å². The van der Waals surface area contributed by atoms with Gasteiger partial charge in [0.25, 0.3) is 0 Å². The molecule has 0 atom stereocenters. The maximum atomic E-state index is 15.4. The van der Waals surface area contributed by atoms with E-state index < -0.39 is 11.7 Å². The first-order valence-electron chi connectivity index (χ1n) is 18.3. The number of alkyl halides is 3. The summed E-state index contributed by atoms with van der Waals surface area (Å²) in [6.45, 7) is 0. The number of fused-ring (bicyclic) bond motifs is 6. The van der Waals surface area contributed by atoms with Gasteiger partial charge < -0.3 is 9.13 Å². The molecule has 6 heteroatoms. The van der Waals surface area contributed by atoms with Gasteiger partial charge in [-0.1, -0.05) is 121 Å². The summed E-state index contributed by atoms with van der Waals surface area (Å²) in [7, 11) is 0. The zero-order chi connectivity index (χ0) is 38.0. The molecular weight excluding hydrogens is 700 g/mol. The fourth-order valence-electron chi connectivity index (χ4n) is 8.25. The van der Waals surface area contributed by atoms with Crippen molar-refractivity contribution >= 4 is 43.6 Å². The van der Waals surface area contributed by atoms with Crippen LogP contribution < -0.4 is 0 Å². The van der Waals surface area contributed by atoms with E-state index in [-0.39, 0.29) is 0 Å². The van der Waals surface area contributed by atoms with Gasteiger partial charge in [0.1, 0.15) is 0 Å². The molecule has 0 N–H and O–H groups in total. The van der Waals surface area contributed by atoms with Crippen molar-refractivity contribution in [2.45, 2.75) is 6.18 Å². The number of aromatic nitrogens is 2. The first kappa shape index (κ1) is 33.2. The number of nitriles is 1. The van der Waals surface area contributed by atoms with E-state index in [0.717, 1.165) is 65.9 Å². The third kappa shape index (κ3) is 5.36. The second-order valence-corrected chi connectivity index (χ2v) is 14.0. The Labute approximate surface area is 320 Å². The Morgan fingerprint density at radius 2 is 0.839 bits per heavy atom. The van der Waals surface area contributed by atoms with Gasteiger partial charge in [0.15, 0.2) is 0 Å². The fraction of sp³-hybridized carbons (Fsp3) is 0.0200. The normalized spacial score (nSPS) is 11.8. The lowest BCUT2D eigenvalue weighted by molar-refractivity contribution is -0.137. The lowest BCUT2D eigenvalue weighted by atomic mass is 9.96. The lowest BCUT2D eigenvalue weighted by Crippen LogP contribution is -2.11. The van der Waals surface area contributed by atoms with E-state index in [0.29, 0.717) is 28.1 Å². The Hall–Kier alpha value is -7.36. The van der Waals surface area contributed by atoms with E-state index in [4.69, 9.17) is 0 Å². The quantitative estimate of drug-likeness (QED) is 0.174. The molecule has 0 unspecified atom stereocenters. The van der Waals surface area contributed by atoms with Crippen LogP contribution in [0.1, 0.15) is 11.1 Å². The number of para-hydroxylation sites is 2. The van der Waals surface area contributed by atoms with Crippen LogP contribution in [0.15, 0.2) is 182 Å². The van der Waals surface area contributed by atoms with Crippen molar-refractivity contribution in [3.8, 4) is 50.8 Å². The Morgan fingerprint density at radius 3 is 1.32 bits per heavy atom. The summed E-state index contributed by atoms with van der Waals surface area (Å²) in [6.07, 6.45) is -4.67. The maximum Gasteiger partial charge on any atom is 0.416 e. The van der Waals surface area contributed by atoms with Crippen molar-refractivity contribution < 1.29 is 13.2 Å². The highest BCUT2D eigenvalue weighted by atomic mass is 19.4. The standard InChI is InChI=1S/C50H30F3N3/c51-50(52,53)38-29-47(55-43-20-9-7-18-39(43)41-27-35(22-24-45(41)55)33-13-3-1-4-14-33)49(37-17-11-12-32(26-37)31-54)48(30-38)56-44-21-10-8-19-40(44)42-28-36(23-25-46(42)56)34-15-5-2-6-16-34/h1-30H. The van der Waals surface area contributed by atoms with Crippen molar-refractivity contribution in [1.82, 2.24) is 9.13 Å². The predicted molar refractivity (Wildman–Crippen MR) is 221 cm³/mol. The fourth-order valence-corrected chi connectivity index (χ4v) is 8.25. The Morgan fingerprint density at radius 1 is 0.393 bits per heavy atom. The van der Waals surface area contributed by atoms with E-state index in [1.165, 1.54) is 12.1 Å². The van der Waals surface area contributed by atoms with E-state index in [1.807, 2.05) is 149 Å². The number of nitrogens with zero attached hydrogens (tertiary/aromatic N) is 3. The summed E-state index contributed by atoms with van der Waals surface area (Å²) in [5, 5.41) is 13.7. The maximum absolute atomic E-state index is 15.4. The molecule has 2 heterocycles. The van der Waals surface area contributed by atoms with Crippen LogP contribution in [-0.4, -0.2) is 9.13 Å². The van der Waals surface area contributed by atoms with Crippen molar-refractivity contribution in [3.05, 3.63) is 193 Å². The predicted octanol–water partition coefficient (Wildman–Crippen LogP) is 13.8. The molecule has 0 saturated heterocycles. The highest BCUT2D eigenvalue weighted by molar-refractivity contribution is 6.13. The van der Waals surface area contributed by atoms with Crippen molar-refractivity contribution in [1.29, 1.82) is 5.26 Å². The molecule has 56 heavy (non-hydrogen) atoms. The minimum Gasteiger partial charge on any atom is -0.309 e. The summed E-state index contributed by atoms with van der Waals surface area (Å²) >= 11 is 0. The van der Waals surface area contributed by atoms with Gasteiger partial charge in [-0.15, -0.1) is 0 Å². The Balaban J connectivity index is 1.36. The van der Waals surface area contributed by atoms with Gasteiger partial charge >= 0.3 is 6.18 Å². The van der Waals surface area contributed by atoms with Gasteiger partial charge in [0.2, 0.25) is 0 Å². The molecule has 266 valence electrons. The van der Waals surface area contributed by atoms with Crippen LogP contribution in [0.3, 0.4) is 0 Å². The summed E-state index contributed by atoms with van der Waals surface area (Å²) in [5.41, 5.74) is 8.72. The molecule has 0 aliphatic rings. The van der Waals surface area contributed by atoms with Crippen molar-refractivity contribution in [2.75, 3.05) is 0 Å². The van der Waals surface area contributed by atoms with Crippen molar-refractivity contribution in [2.24, 2.45) is 0 Å². The molecule has 0 fully saturated rings. The summed E-state index contributed by atoms with van der Waals surface area (Å²) in [4.78, 5) is 0. The molecule has 0 amide bonds. The SMILES string of the molecule is N#Cc1cccc(-c2c(-n3c4ccccc4c4cc(-c5ccccc5)ccc43)cc(C(F)(F)F)cc2-n2c3ccccc3c3cc(-c4ccccc4)ccc32)c1. The van der Waals surface area contributed by atoms with Gasteiger partial charge in [0, 0.05) is 27.1 Å². The molecule has 0 aliphatic carbocycles. The number of halogens is 3. The third-order valence-electron chi connectivity index (χ3n) is 10.7. The first-order valence-corrected chi connectivity index (χ1v) is 18.3. The molecule has 0 radical (unpaired) electrons. The smallest absolute Gasteiger partial charge is 0.309 e. The zero-order valence-corrected chi connectivity index (χ0v) is 29.8. The van der Waals surface area contributed by atoms with Crippen molar-refractivity contribution in [3.63, 3.8) is 0 Å². The van der Waals surface area contributed by atoms with Crippen LogP contribution >= 0.6 is 0 Å². The highest BCUT2D eigenvalue weighted by Gasteiger charge is 2.34. The minimum absolute atomic E-state index is 0.357. The van der Waals surface area contributed by atoms with Gasteiger partial charge in [-0.3, -0.25) is 0 Å². The van der Waals surface area contributed by atoms with Crippen LogP contribution in [0.5, 0.6) is 0 Å². The zero-order valence-electron chi connectivity index (χ0n) is 29.8. The van der Waals surface area contributed by atoms with Crippen LogP contribution in [0.25, 0.3) is 88.4 Å². The highest BCUT2D eigenvalue weighted by Crippen LogP contribution is 2.46. The Bertz CT molecular complexity index is 3010. The number of benzene rings is 8. The van der Waals surface area contributed by atoms with Gasteiger partial charge in [-0.25, -0.2) is 0 Å². The molecular formula is C50H30F3N3. The van der Waals surface area contributed by atoms with Crippen LogP contribution in [0.2, 0.25) is 0 Å². The van der Waals surface area contributed by atoms with Crippen LogP contribution in [0, 0.1) is 11.3 Å². The number of hydrogen-bond acceptors (Lipinski definition) is 1. The number of rotatable bonds is 5. The summed E-state index contributed by atoms with van der Waals surface area (Å²) in [5.74, 6) is 0. The molecule has 0 spiro atoms. The summed E-state index contributed by atoms with van der Waals surface area (Å²) in [6, 6.07) is 60.0. The van der Waals surface area contributed by atoms with Crippen LogP contribution in [0.4, 0.5) is 13.2 Å². The van der Waals surface area contributed by atoms with Gasteiger partial charge in [-0.2, -0.15) is 18.4 Å². The first-order chi connectivity index (χ1) is 27.4. The largest absolute Gasteiger partial charge is 0.416 e. The molecule has 0 saturated carbocycles. The van der Waals surface area contributed by atoms with E-state index in [2.05, 4.69) is 18.2 Å². The minimum atomic E-state index is -4.67. The summed E-state index contributed by atoms with van der Waals surface area (Å²) < 4.78 is 50.0. The van der Waals surface area contributed by atoms with E-state index in [1.54, 1.807) is 18.2 Å². The monoisotopic (exact) mass is 729 g/mol. The lowest BCUT2D eigenvalue weighted by Gasteiger charge is -2.23. The molecule has 10 rings (SSSR count). The number of hydrogen-bond donors (Lipinski definition) is 0. The van der Waals surface area contributed by atoms with Gasteiger partial charge in [-0.05, 0) is 88.5 Å². The third-order valence-corrected chi connectivity index (χ3v) is 10.7. The van der Waals surface area contributed by atoms with E-state index in [9.17, 15) is 5.26 Å². The molecule has 2 aromatic heterocycles. The molecule has 0 bridgehead atoms. The van der Waals surface area contributed by atoms with Crippen LogP contribution in [-0.2, 0) is 6.18 Å². The molecule has 0 aliphatic heterocycles. The topological polar surface area (TPSA) is 33.6 Å². The van der Waals surface area contributed by atoms with Gasteiger partial charge in [0.05, 0.1) is 50.6 Å². The average Bonchev–Trinajstić information content (AvgIpc) is 3.75.